The summed E-state index contributed by atoms with van der Waals surface area (Å²) in [5, 5.41) is 6.81. The van der Waals surface area contributed by atoms with E-state index in [9.17, 15) is 13.6 Å². The maximum atomic E-state index is 13.4. The number of amides is 2. The van der Waals surface area contributed by atoms with Gasteiger partial charge in [-0.1, -0.05) is 29.4 Å². The van der Waals surface area contributed by atoms with Crippen molar-refractivity contribution in [2.45, 2.75) is 25.3 Å². The fourth-order valence-corrected chi connectivity index (χ4v) is 3.40. The average Bonchev–Trinajstić information content (AvgIpc) is 3.24. The molecule has 4 rings (SSSR count). The summed E-state index contributed by atoms with van der Waals surface area (Å²) < 4.78 is 31.8. The second kappa shape index (κ2) is 8.38. The second-order valence-corrected chi connectivity index (χ2v) is 7.04. The molecular weight excluding hydrogens is 378 g/mol. The van der Waals surface area contributed by atoms with E-state index in [0.29, 0.717) is 36.9 Å². The standard InChI is InChI=1S/C21H20F2N4O2/c22-17-8-6-14(7-9-17)12-24-21(28)27-10-2-4-16(13-27)20-25-19(26-29-20)15-3-1-5-18(23)11-15/h1,3,5-9,11,16H,2,4,10,12-13H2,(H,24,28)/t16-/m0/s1. The maximum Gasteiger partial charge on any atom is 0.317 e. The first kappa shape index (κ1) is 19.0. The van der Waals surface area contributed by atoms with E-state index in [1.807, 2.05) is 0 Å². The Morgan fingerprint density at radius 2 is 2.00 bits per heavy atom. The van der Waals surface area contributed by atoms with E-state index in [-0.39, 0.29) is 23.6 Å². The number of piperidine rings is 1. The molecule has 2 aromatic carbocycles. The lowest BCUT2D eigenvalue weighted by Crippen LogP contribution is -2.44. The van der Waals surface area contributed by atoms with Gasteiger partial charge < -0.3 is 14.7 Å². The van der Waals surface area contributed by atoms with E-state index in [1.54, 1.807) is 29.2 Å². The Balaban J connectivity index is 1.38. The summed E-state index contributed by atoms with van der Waals surface area (Å²) in [6.45, 7) is 1.42. The van der Waals surface area contributed by atoms with Crippen LogP contribution in [0.3, 0.4) is 0 Å². The summed E-state index contributed by atoms with van der Waals surface area (Å²) in [5.41, 5.74) is 1.37. The largest absolute Gasteiger partial charge is 0.339 e. The van der Waals surface area contributed by atoms with E-state index in [2.05, 4.69) is 15.5 Å². The number of benzene rings is 2. The molecule has 0 unspecified atom stereocenters. The molecule has 2 heterocycles. The van der Waals surface area contributed by atoms with Gasteiger partial charge in [-0.15, -0.1) is 0 Å². The van der Waals surface area contributed by atoms with Crippen LogP contribution in [0.2, 0.25) is 0 Å². The van der Waals surface area contributed by atoms with E-state index in [1.165, 1.54) is 24.3 Å². The lowest BCUT2D eigenvalue weighted by molar-refractivity contribution is 0.171. The molecule has 0 aliphatic carbocycles. The van der Waals surface area contributed by atoms with Crippen LogP contribution in [-0.4, -0.2) is 34.2 Å². The van der Waals surface area contributed by atoms with Gasteiger partial charge in [0.05, 0.1) is 5.92 Å². The molecule has 0 saturated carbocycles. The van der Waals surface area contributed by atoms with Crippen molar-refractivity contribution in [3.05, 3.63) is 71.6 Å². The predicted molar refractivity (Wildman–Crippen MR) is 102 cm³/mol. The summed E-state index contributed by atoms with van der Waals surface area (Å²) in [7, 11) is 0. The van der Waals surface area contributed by atoms with Crippen molar-refractivity contribution < 1.29 is 18.1 Å². The Morgan fingerprint density at radius 1 is 1.17 bits per heavy atom. The minimum Gasteiger partial charge on any atom is -0.339 e. The highest BCUT2D eigenvalue weighted by Gasteiger charge is 2.28. The molecule has 150 valence electrons. The molecule has 1 aliphatic heterocycles. The van der Waals surface area contributed by atoms with Crippen molar-refractivity contribution in [3.8, 4) is 11.4 Å². The number of carbonyl (C=O) groups is 1. The van der Waals surface area contributed by atoms with Gasteiger partial charge in [-0.05, 0) is 42.7 Å². The van der Waals surface area contributed by atoms with E-state index < -0.39 is 0 Å². The van der Waals surface area contributed by atoms with Gasteiger partial charge in [0.1, 0.15) is 11.6 Å². The smallest absolute Gasteiger partial charge is 0.317 e. The van der Waals surface area contributed by atoms with Crippen LogP contribution in [0.5, 0.6) is 0 Å². The molecule has 1 atom stereocenters. The Hall–Kier alpha value is -3.29. The monoisotopic (exact) mass is 398 g/mol. The SMILES string of the molecule is O=C(NCc1ccc(F)cc1)N1CCC[C@H](c2nc(-c3cccc(F)c3)no2)C1. The fraction of sp³-hybridized carbons (Fsp3) is 0.286. The minimum absolute atomic E-state index is 0.0740. The molecule has 0 radical (unpaired) electrons. The summed E-state index contributed by atoms with van der Waals surface area (Å²) in [6, 6.07) is 11.8. The number of carbonyl (C=O) groups excluding carboxylic acids is 1. The molecule has 1 fully saturated rings. The van der Waals surface area contributed by atoms with Gasteiger partial charge in [0.25, 0.3) is 0 Å². The molecule has 6 nitrogen and oxygen atoms in total. The van der Waals surface area contributed by atoms with E-state index in [0.717, 1.165) is 18.4 Å². The summed E-state index contributed by atoms with van der Waals surface area (Å²) >= 11 is 0. The molecular formula is C21H20F2N4O2. The van der Waals surface area contributed by atoms with Crippen molar-refractivity contribution in [2.24, 2.45) is 0 Å². The first-order valence-electron chi connectivity index (χ1n) is 9.45. The number of nitrogens with one attached hydrogen (secondary N) is 1. The van der Waals surface area contributed by atoms with Crippen LogP contribution >= 0.6 is 0 Å². The normalized spacial score (nSPS) is 16.6. The van der Waals surface area contributed by atoms with Gasteiger partial charge >= 0.3 is 6.03 Å². The molecule has 8 heteroatoms. The van der Waals surface area contributed by atoms with Crippen molar-refractivity contribution in [2.75, 3.05) is 13.1 Å². The van der Waals surface area contributed by atoms with Gasteiger partial charge in [-0.3, -0.25) is 0 Å². The number of likely N-dealkylation sites (tertiary alicyclic amines) is 1. The van der Waals surface area contributed by atoms with Gasteiger partial charge in [-0.25, -0.2) is 13.6 Å². The van der Waals surface area contributed by atoms with Crippen LogP contribution in [0.15, 0.2) is 53.1 Å². The van der Waals surface area contributed by atoms with Crippen molar-refractivity contribution >= 4 is 6.03 Å². The van der Waals surface area contributed by atoms with Crippen LogP contribution < -0.4 is 5.32 Å². The van der Waals surface area contributed by atoms with Gasteiger partial charge in [0.2, 0.25) is 11.7 Å². The Kier molecular flexibility index (Phi) is 5.50. The summed E-state index contributed by atoms with van der Waals surface area (Å²) in [4.78, 5) is 18.6. The predicted octanol–water partition coefficient (Wildman–Crippen LogP) is 4.10. The highest BCUT2D eigenvalue weighted by Crippen LogP contribution is 2.27. The Morgan fingerprint density at radius 3 is 2.79 bits per heavy atom. The topological polar surface area (TPSA) is 71.3 Å². The van der Waals surface area contributed by atoms with Crippen LogP contribution in [0.1, 0.15) is 30.2 Å². The van der Waals surface area contributed by atoms with Gasteiger partial charge in [-0.2, -0.15) is 4.98 Å². The maximum absolute atomic E-state index is 13.4. The van der Waals surface area contributed by atoms with Crippen molar-refractivity contribution in [1.82, 2.24) is 20.4 Å². The van der Waals surface area contributed by atoms with E-state index in [4.69, 9.17) is 4.52 Å². The van der Waals surface area contributed by atoms with Crippen LogP contribution in [-0.2, 0) is 6.54 Å². The van der Waals surface area contributed by atoms with Crippen molar-refractivity contribution in [3.63, 3.8) is 0 Å². The molecule has 1 N–H and O–H groups in total. The van der Waals surface area contributed by atoms with Crippen LogP contribution in [0, 0.1) is 11.6 Å². The van der Waals surface area contributed by atoms with Crippen molar-refractivity contribution in [1.29, 1.82) is 0 Å². The average molecular weight is 398 g/mol. The third-order valence-corrected chi connectivity index (χ3v) is 4.94. The molecule has 1 saturated heterocycles. The summed E-state index contributed by atoms with van der Waals surface area (Å²) in [6.07, 6.45) is 1.64. The molecule has 3 aromatic rings. The zero-order valence-electron chi connectivity index (χ0n) is 15.6. The number of rotatable bonds is 4. The highest BCUT2D eigenvalue weighted by molar-refractivity contribution is 5.74. The van der Waals surface area contributed by atoms with Crippen LogP contribution in [0.4, 0.5) is 13.6 Å². The quantitative estimate of drug-likeness (QED) is 0.718. The molecule has 1 aromatic heterocycles. The molecule has 1 aliphatic rings. The second-order valence-electron chi connectivity index (χ2n) is 7.04. The first-order chi connectivity index (χ1) is 14.1. The molecule has 0 spiro atoms. The number of hydrogen-bond acceptors (Lipinski definition) is 4. The number of aromatic nitrogens is 2. The highest BCUT2D eigenvalue weighted by atomic mass is 19.1. The third-order valence-electron chi connectivity index (χ3n) is 4.94. The molecule has 2 amide bonds. The van der Waals surface area contributed by atoms with Gasteiger partial charge in [0, 0.05) is 25.2 Å². The fourth-order valence-electron chi connectivity index (χ4n) is 3.40. The number of urea groups is 1. The zero-order valence-corrected chi connectivity index (χ0v) is 15.6. The first-order valence-corrected chi connectivity index (χ1v) is 9.45. The third kappa shape index (κ3) is 4.59. The zero-order chi connectivity index (χ0) is 20.2. The minimum atomic E-state index is -0.365. The molecule has 0 bridgehead atoms. The van der Waals surface area contributed by atoms with Gasteiger partial charge in [0.15, 0.2) is 0 Å². The number of hydrogen-bond donors (Lipinski definition) is 1. The van der Waals surface area contributed by atoms with E-state index >= 15 is 0 Å². The molecule has 29 heavy (non-hydrogen) atoms. The summed E-state index contributed by atoms with van der Waals surface area (Å²) in [5.74, 6) is 0.0273. The van der Waals surface area contributed by atoms with Crippen LogP contribution in [0.25, 0.3) is 11.4 Å². The number of halogens is 2. The lowest BCUT2D eigenvalue weighted by Gasteiger charge is -2.31. The Bertz CT molecular complexity index is 990. The Labute approximate surface area is 166 Å². The number of nitrogens with zero attached hydrogens (tertiary/aromatic N) is 3. The lowest BCUT2D eigenvalue weighted by atomic mass is 9.98.